The van der Waals surface area contributed by atoms with E-state index in [4.69, 9.17) is 0 Å². The minimum atomic E-state index is -0.238. The first-order valence-electron chi connectivity index (χ1n) is 6.46. The Kier molecular flexibility index (Phi) is 4.10. The van der Waals surface area contributed by atoms with Crippen molar-refractivity contribution in [1.82, 2.24) is 9.97 Å². The summed E-state index contributed by atoms with van der Waals surface area (Å²) in [5.41, 5.74) is 2.96. The van der Waals surface area contributed by atoms with Crippen LogP contribution in [0.2, 0.25) is 0 Å². The molecular formula is C15H18FN3. The number of benzene rings is 1. The Morgan fingerprint density at radius 3 is 2.74 bits per heavy atom. The number of hydrogen-bond acceptors (Lipinski definition) is 3. The first-order valence-corrected chi connectivity index (χ1v) is 6.46. The van der Waals surface area contributed by atoms with Crippen LogP contribution in [0.1, 0.15) is 24.5 Å². The van der Waals surface area contributed by atoms with Crippen LogP contribution in [0.5, 0.6) is 0 Å². The smallest absolute Gasteiger partial charge is 0.223 e. The summed E-state index contributed by atoms with van der Waals surface area (Å²) >= 11 is 0. The van der Waals surface area contributed by atoms with Crippen LogP contribution in [0.15, 0.2) is 24.4 Å². The van der Waals surface area contributed by atoms with E-state index >= 15 is 0 Å². The minimum absolute atomic E-state index is 0.238. The van der Waals surface area contributed by atoms with Crippen LogP contribution in [-0.2, 0) is 0 Å². The van der Waals surface area contributed by atoms with Crippen LogP contribution in [0.3, 0.4) is 0 Å². The molecule has 0 atom stereocenters. The Hall–Kier alpha value is -1.97. The fraction of sp³-hybridized carbons (Fsp3) is 0.333. The van der Waals surface area contributed by atoms with E-state index in [0.717, 1.165) is 24.1 Å². The van der Waals surface area contributed by atoms with Gasteiger partial charge in [-0.1, -0.05) is 13.0 Å². The topological polar surface area (TPSA) is 37.8 Å². The van der Waals surface area contributed by atoms with E-state index in [1.54, 1.807) is 12.3 Å². The monoisotopic (exact) mass is 259 g/mol. The third-order valence-corrected chi connectivity index (χ3v) is 2.88. The highest BCUT2D eigenvalue weighted by Gasteiger charge is 2.11. The van der Waals surface area contributed by atoms with Gasteiger partial charge >= 0.3 is 0 Å². The van der Waals surface area contributed by atoms with Gasteiger partial charge in [-0.15, -0.1) is 0 Å². The number of nitrogens with one attached hydrogen (secondary N) is 1. The normalized spacial score (nSPS) is 10.5. The Morgan fingerprint density at radius 2 is 2.05 bits per heavy atom. The molecule has 1 N–H and O–H groups in total. The number of aromatic nitrogens is 2. The average molecular weight is 259 g/mol. The summed E-state index contributed by atoms with van der Waals surface area (Å²) < 4.78 is 14.1. The van der Waals surface area contributed by atoms with E-state index in [1.807, 2.05) is 19.9 Å². The largest absolute Gasteiger partial charge is 0.354 e. The average Bonchev–Trinajstić information content (AvgIpc) is 2.35. The van der Waals surface area contributed by atoms with Gasteiger partial charge in [-0.2, -0.15) is 0 Å². The summed E-state index contributed by atoms with van der Waals surface area (Å²) in [7, 11) is 0. The fourth-order valence-electron chi connectivity index (χ4n) is 2.06. The summed E-state index contributed by atoms with van der Waals surface area (Å²) in [5.74, 6) is 0.302. The number of hydrogen-bond donors (Lipinski definition) is 1. The van der Waals surface area contributed by atoms with Gasteiger partial charge in [0.15, 0.2) is 0 Å². The van der Waals surface area contributed by atoms with Gasteiger partial charge in [0, 0.05) is 18.3 Å². The number of aryl methyl sites for hydroxylation is 2. The molecule has 100 valence electrons. The van der Waals surface area contributed by atoms with Crippen molar-refractivity contribution in [2.24, 2.45) is 0 Å². The van der Waals surface area contributed by atoms with Crippen molar-refractivity contribution in [2.75, 3.05) is 11.9 Å². The molecule has 0 fully saturated rings. The highest BCUT2D eigenvalue weighted by Crippen LogP contribution is 2.26. The molecular weight excluding hydrogens is 241 g/mol. The Morgan fingerprint density at radius 1 is 1.26 bits per heavy atom. The molecule has 0 aliphatic heterocycles. The molecule has 1 heterocycles. The summed E-state index contributed by atoms with van der Waals surface area (Å²) in [4.78, 5) is 8.50. The van der Waals surface area contributed by atoms with E-state index < -0.39 is 0 Å². The van der Waals surface area contributed by atoms with E-state index in [-0.39, 0.29) is 5.82 Å². The Bertz CT molecular complexity index is 558. The van der Waals surface area contributed by atoms with Gasteiger partial charge < -0.3 is 5.32 Å². The molecule has 19 heavy (non-hydrogen) atoms. The molecule has 0 bridgehead atoms. The maximum Gasteiger partial charge on any atom is 0.223 e. The molecule has 4 heteroatoms. The molecule has 2 aromatic rings. The predicted molar refractivity (Wildman–Crippen MR) is 75.7 cm³/mol. The molecule has 0 saturated heterocycles. The van der Waals surface area contributed by atoms with Crippen molar-refractivity contribution in [2.45, 2.75) is 27.2 Å². The van der Waals surface area contributed by atoms with Crippen molar-refractivity contribution in [3.8, 4) is 11.3 Å². The van der Waals surface area contributed by atoms with Crippen LogP contribution >= 0.6 is 0 Å². The Labute approximate surface area is 112 Å². The van der Waals surface area contributed by atoms with Crippen LogP contribution in [0, 0.1) is 19.7 Å². The molecule has 1 aromatic heterocycles. The molecule has 0 saturated carbocycles. The van der Waals surface area contributed by atoms with E-state index in [0.29, 0.717) is 17.2 Å². The third kappa shape index (κ3) is 3.08. The lowest BCUT2D eigenvalue weighted by Crippen LogP contribution is -2.05. The van der Waals surface area contributed by atoms with E-state index in [1.165, 1.54) is 6.07 Å². The fourth-order valence-corrected chi connectivity index (χ4v) is 2.06. The second-order valence-corrected chi connectivity index (χ2v) is 4.63. The highest BCUT2D eigenvalue weighted by molar-refractivity contribution is 5.65. The summed E-state index contributed by atoms with van der Waals surface area (Å²) in [6.45, 7) is 6.65. The lowest BCUT2D eigenvalue weighted by molar-refractivity contribution is 0.628. The predicted octanol–water partition coefficient (Wildman–Crippen LogP) is 3.72. The van der Waals surface area contributed by atoms with Crippen LogP contribution in [0.25, 0.3) is 11.3 Å². The molecule has 0 amide bonds. The van der Waals surface area contributed by atoms with Crippen LogP contribution in [0.4, 0.5) is 10.3 Å². The van der Waals surface area contributed by atoms with Gasteiger partial charge in [0.2, 0.25) is 5.95 Å². The maximum absolute atomic E-state index is 14.1. The van der Waals surface area contributed by atoms with Gasteiger partial charge in [0.1, 0.15) is 5.82 Å². The molecule has 3 nitrogen and oxygen atoms in total. The summed E-state index contributed by atoms with van der Waals surface area (Å²) in [6, 6.07) is 5.22. The molecule has 0 spiro atoms. The van der Waals surface area contributed by atoms with Gasteiger partial charge in [0.25, 0.3) is 0 Å². The minimum Gasteiger partial charge on any atom is -0.354 e. The number of nitrogens with zero attached hydrogens (tertiary/aromatic N) is 2. The van der Waals surface area contributed by atoms with Gasteiger partial charge in [-0.3, -0.25) is 0 Å². The SMILES string of the molecule is CCCNc1nccc(-c2c(C)cc(C)cc2F)n1. The molecule has 0 aliphatic rings. The molecule has 0 unspecified atom stereocenters. The summed E-state index contributed by atoms with van der Waals surface area (Å²) in [6.07, 6.45) is 2.64. The first-order chi connectivity index (χ1) is 9.11. The van der Waals surface area contributed by atoms with Crippen molar-refractivity contribution in [3.63, 3.8) is 0 Å². The zero-order valence-electron chi connectivity index (χ0n) is 11.5. The van der Waals surface area contributed by atoms with Crippen molar-refractivity contribution >= 4 is 5.95 Å². The van der Waals surface area contributed by atoms with Crippen molar-refractivity contribution in [1.29, 1.82) is 0 Å². The third-order valence-electron chi connectivity index (χ3n) is 2.88. The molecule has 0 radical (unpaired) electrons. The first kappa shape index (κ1) is 13.5. The number of anilines is 1. The highest BCUT2D eigenvalue weighted by atomic mass is 19.1. The lowest BCUT2D eigenvalue weighted by Gasteiger charge is -2.10. The molecule has 1 aromatic carbocycles. The number of rotatable bonds is 4. The van der Waals surface area contributed by atoms with Crippen molar-refractivity contribution in [3.05, 3.63) is 41.3 Å². The van der Waals surface area contributed by atoms with Crippen molar-refractivity contribution < 1.29 is 4.39 Å². The zero-order valence-corrected chi connectivity index (χ0v) is 11.5. The van der Waals surface area contributed by atoms with Crippen LogP contribution in [-0.4, -0.2) is 16.5 Å². The van der Waals surface area contributed by atoms with Gasteiger partial charge in [0.05, 0.1) is 5.69 Å². The van der Waals surface area contributed by atoms with E-state index in [2.05, 4.69) is 22.2 Å². The van der Waals surface area contributed by atoms with E-state index in [9.17, 15) is 4.39 Å². The standard InChI is InChI=1S/C15H18FN3/c1-4-6-17-15-18-7-5-13(19-15)14-11(3)8-10(2)9-12(14)16/h5,7-9H,4,6H2,1-3H3,(H,17,18,19). The molecule has 0 aliphatic carbocycles. The second-order valence-electron chi connectivity index (χ2n) is 4.63. The summed E-state index contributed by atoms with van der Waals surface area (Å²) in [5, 5.41) is 3.11. The molecule has 2 rings (SSSR count). The maximum atomic E-state index is 14.1. The lowest BCUT2D eigenvalue weighted by atomic mass is 10.0. The quantitative estimate of drug-likeness (QED) is 0.909. The van der Waals surface area contributed by atoms with Gasteiger partial charge in [-0.25, -0.2) is 14.4 Å². The van der Waals surface area contributed by atoms with Gasteiger partial charge in [-0.05, 0) is 43.5 Å². The second kappa shape index (κ2) is 5.78. The number of halogens is 1. The Balaban J connectivity index is 2.42. The van der Waals surface area contributed by atoms with Crippen LogP contribution < -0.4 is 5.32 Å². The zero-order chi connectivity index (χ0) is 13.8.